The lowest BCUT2D eigenvalue weighted by molar-refractivity contribution is -0.125. The van der Waals surface area contributed by atoms with Crippen molar-refractivity contribution in [3.8, 4) is 0 Å². The van der Waals surface area contributed by atoms with Crippen molar-refractivity contribution in [3.63, 3.8) is 0 Å². The normalized spacial score (nSPS) is 27.3. The van der Waals surface area contributed by atoms with Crippen molar-refractivity contribution in [1.29, 1.82) is 0 Å². The van der Waals surface area contributed by atoms with Crippen LogP contribution in [-0.2, 0) is 4.79 Å². The van der Waals surface area contributed by atoms with E-state index in [1.807, 2.05) is 35.2 Å². The summed E-state index contributed by atoms with van der Waals surface area (Å²) in [4.78, 5) is 14.0. The van der Waals surface area contributed by atoms with E-state index in [0.29, 0.717) is 12.0 Å². The molecule has 0 aromatic heterocycles. The van der Waals surface area contributed by atoms with E-state index in [9.17, 15) is 4.79 Å². The van der Waals surface area contributed by atoms with E-state index in [-0.39, 0.29) is 5.91 Å². The fraction of sp³-hybridized carbons (Fsp3) is 0.400. The summed E-state index contributed by atoms with van der Waals surface area (Å²) >= 11 is 0. The summed E-state index contributed by atoms with van der Waals surface area (Å²) in [6, 6.07) is 10.4. The first-order valence-corrected chi connectivity index (χ1v) is 6.34. The number of nitrogens with zero attached hydrogens (tertiary/aromatic N) is 1. The Morgan fingerprint density at radius 3 is 2.76 bits per heavy atom. The number of rotatable bonds is 2. The minimum Gasteiger partial charge on any atom is -0.309 e. The number of likely N-dealkylation sites (tertiary alicyclic amines) is 1. The molecule has 0 spiro atoms. The molecule has 88 valence electrons. The van der Waals surface area contributed by atoms with Gasteiger partial charge < -0.3 is 4.90 Å². The van der Waals surface area contributed by atoms with Crippen LogP contribution in [0, 0.1) is 5.92 Å². The number of carbonyl (C=O) groups excluding carboxylic acids is 1. The first-order chi connectivity index (χ1) is 8.27. The van der Waals surface area contributed by atoms with Crippen LogP contribution >= 0.6 is 0 Å². The molecule has 1 saturated carbocycles. The molecule has 1 aromatic carbocycles. The van der Waals surface area contributed by atoms with Crippen molar-refractivity contribution in [1.82, 2.24) is 4.90 Å². The minimum absolute atomic E-state index is 0.258. The first kappa shape index (κ1) is 10.6. The maximum absolute atomic E-state index is 12.1. The van der Waals surface area contributed by atoms with E-state index in [1.165, 1.54) is 12.8 Å². The summed E-state index contributed by atoms with van der Waals surface area (Å²) in [6.45, 7) is 4.12. The van der Waals surface area contributed by atoms with Gasteiger partial charge in [0.15, 0.2) is 0 Å². The second kappa shape index (κ2) is 4.02. The predicted molar refractivity (Wildman–Crippen MR) is 68.1 cm³/mol. The van der Waals surface area contributed by atoms with Gasteiger partial charge in [0, 0.05) is 18.2 Å². The quantitative estimate of drug-likeness (QED) is 0.760. The van der Waals surface area contributed by atoms with Crippen molar-refractivity contribution in [2.45, 2.75) is 31.7 Å². The van der Waals surface area contributed by atoms with Crippen LogP contribution in [0.4, 0.5) is 0 Å². The highest BCUT2D eigenvalue weighted by Crippen LogP contribution is 2.41. The molecule has 2 nitrogen and oxygen atoms in total. The van der Waals surface area contributed by atoms with Crippen LogP contribution in [-0.4, -0.2) is 16.8 Å². The van der Waals surface area contributed by atoms with Gasteiger partial charge in [-0.15, -0.1) is 0 Å². The largest absolute Gasteiger partial charge is 0.309 e. The Labute approximate surface area is 102 Å². The highest BCUT2D eigenvalue weighted by molar-refractivity contribution is 5.89. The molecule has 2 heteroatoms. The van der Waals surface area contributed by atoms with Crippen LogP contribution in [0.3, 0.4) is 0 Å². The topological polar surface area (TPSA) is 20.3 Å². The van der Waals surface area contributed by atoms with Gasteiger partial charge in [-0.25, -0.2) is 0 Å². The predicted octanol–water partition coefficient (Wildman–Crippen LogP) is 3.06. The van der Waals surface area contributed by atoms with Crippen molar-refractivity contribution in [3.05, 3.63) is 42.5 Å². The molecule has 0 radical (unpaired) electrons. The van der Waals surface area contributed by atoms with E-state index in [4.69, 9.17) is 0 Å². The van der Waals surface area contributed by atoms with E-state index in [1.54, 1.807) is 0 Å². The fourth-order valence-corrected chi connectivity index (χ4v) is 3.22. The number of carbonyl (C=O) groups is 1. The zero-order valence-corrected chi connectivity index (χ0v) is 9.93. The molecule has 1 amide bonds. The van der Waals surface area contributed by atoms with Crippen LogP contribution in [0.5, 0.6) is 0 Å². The molecule has 2 fully saturated rings. The van der Waals surface area contributed by atoms with Gasteiger partial charge in [-0.2, -0.15) is 0 Å². The second-order valence-corrected chi connectivity index (χ2v) is 5.04. The van der Waals surface area contributed by atoms with Crippen molar-refractivity contribution < 1.29 is 4.79 Å². The summed E-state index contributed by atoms with van der Waals surface area (Å²) in [7, 11) is 0. The molecule has 17 heavy (non-hydrogen) atoms. The maximum Gasteiger partial charge on any atom is 0.227 e. The van der Waals surface area contributed by atoms with Crippen molar-refractivity contribution in [2.75, 3.05) is 0 Å². The molecule has 1 saturated heterocycles. The smallest absolute Gasteiger partial charge is 0.227 e. The third kappa shape index (κ3) is 1.68. The Balaban J connectivity index is 1.89. The SMILES string of the molecule is C=C(c1ccccc1)N1C(=O)C[C@H]2CCC[C@H]21. The number of hydrogen-bond donors (Lipinski definition) is 0. The molecular weight excluding hydrogens is 210 g/mol. The lowest BCUT2D eigenvalue weighted by Crippen LogP contribution is -2.31. The van der Waals surface area contributed by atoms with Crippen LogP contribution < -0.4 is 0 Å². The number of benzene rings is 1. The average molecular weight is 227 g/mol. The van der Waals surface area contributed by atoms with E-state index >= 15 is 0 Å². The summed E-state index contributed by atoms with van der Waals surface area (Å²) in [5, 5.41) is 0. The van der Waals surface area contributed by atoms with Gasteiger partial charge in [-0.1, -0.05) is 43.3 Å². The Morgan fingerprint density at radius 1 is 1.24 bits per heavy atom. The summed E-state index contributed by atoms with van der Waals surface area (Å²) in [5.74, 6) is 0.830. The Hall–Kier alpha value is -1.57. The molecule has 0 bridgehead atoms. The molecule has 3 rings (SSSR count). The average Bonchev–Trinajstić information content (AvgIpc) is 2.89. The highest BCUT2D eigenvalue weighted by Gasteiger charge is 2.43. The molecule has 0 N–H and O–H groups in total. The van der Waals surface area contributed by atoms with Gasteiger partial charge in [0.1, 0.15) is 0 Å². The molecule has 1 aromatic rings. The third-order valence-electron chi connectivity index (χ3n) is 4.05. The monoisotopic (exact) mass is 227 g/mol. The highest BCUT2D eigenvalue weighted by atomic mass is 16.2. The lowest BCUT2D eigenvalue weighted by atomic mass is 10.0. The Morgan fingerprint density at radius 2 is 2.00 bits per heavy atom. The van der Waals surface area contributed by atoms with Crippen molar-refractivity contribution in [2.24, 2.45) is 5.92 Å². The maximum atomic E-state index is 12.1. The molecule has 2 aliphatic rings. The van der Waals surface area contributed by atoms with Crippen LogP contribution in [0.25, 0.3) is 5.70 Å². The summed E-state index contributed by atoms with van der Waals surface area (Å²) < 4.78 is 0. The van der Waals surface area contributed by atoms with Crippen molar-refractivity contribution >= 4 is 11.6 Å². The fourth-order valence-electron chi connectivity index (χ4n) is 3.22. The van der Waals surface area contributed by atoms with Gasteiger partial charge in [0.05, 0.1) is 0 Å². The molecular formula is C15H17NO. The molecule has 1 aliphatic carbocycles. The summed E-state index contributed by atoms with van der Waals surface area (Å²) in [5.41, 5.74) is 1.94. The third-order valence-corrected chi connectivity index (χ3v) is 4.05. The van der Waals surface area contributed by atoms with Gasteiger partial charge in [-0.3, -0.25) is 4.79 Å². The van der Waals surface area contributed by atoms with E-state index in [0.717, 1.165) is 24.1 Å². The molecule has 1 aliphatic heterocycles. The van der Waals surface area contributed by atoms with E-state index in [2.05, 4.69) is 6.58 Å². The first-order valence-electron chi connectivity index (χ1n) is 6.34. The van der Waals surface area contributed by atoms with Crippen LogP contribution in [0.1, 0.15) is 31.2 Å². The van der Waals surface area contributed by atoms with Crippen LogP contribution in [0.15, 0.2) is 36.9 Å². The van der Waals surface area contributed by atoms with Gasteiger partial charge in [0.25, 0.3) is 0 Å². The van der Waals surface area contributed by atoms with Gasteiger partial charge >= 0.3 is 0 Å². The molecule has 2 atom stereocenters. The number of fused-ring (bicyclic) bond motifs is 1. The van der Waals surface area contributed by atoms with Crippen LogP contribution in [0.2, 0.25) is 0 Å². The Bertz CT molecular complexity index is 451. The zero-order chi connectivity index (χ0) is 11.8. The summed E-state index contributed by atoms with van der Waals surface area (Å²) in [6.07, 6.45) is 4.31. The minimum atomic E-state index is 0.258. The van der Waals surface area contributed by atoms with Gasteiger partial charge in [-0.05, 0) is 24.3 Å². The number of hydrogen-bond acceptors (Lipinski definition) is 1. The Kier molecular flexibility index (Phi) is 2.50. The standard InChI is InChI=1S/C15H17NO/c1-11(12-6-3-2-4-7-12)16-14-9-5-8-13(14)10-15(16)17/h2-4,6-7,13-14H,1,5,8-10H2/t13-,14-/m1/s1. The zero-order valence-electron chi connectivity index (χ0n) is 9.93. The van der Waals surface area contributed by atoms with Gasteiger partial charge in [0.2, 0.25) is 5.91 Å². The second-order valence-electron chi connectivity index (χ2n) is 5.04. The lowest BCUT2D eigenvalue weighted by Gasteiger charge is -2.26. The van der Waals surface area contributed by atoms with E-state index < -0.39 is 0 Å². The molecule has 1 heterocycles. The molecule has 0 unspecified atom stereocenters. The number of amides is 1.